The molecule has 1 amide bonds. The molecule has 3 rings (SSSR count). The van der Waals surface area contributed by atoms with Gasteiger partial charge < -0.3 is 10.1 Å². The van der Waals surface area contributed by atoms with Crippen molar-refractivity contribution in [2.45, 2.75) is 35.0 Å². The average molecular weight is 431 g/mol. The average Bonchev–Trinajstić information content (AvgIpc) is 2.98. The van der Waals surface area contributed by atoms with Crippen molar-refractivity contribution in [1.29, 1.82) is 0 Å². The molecule has 1 aliphatic rings. The highest BCUT2D eigenvalue weighted by molar-refractivity contribution is 8.00. The van der Waals surface area contributed by atoms with E-state index in [4.69, 9.17) is 0 Å². The lowest BCUT2D eigenvalue weighted by molar-refractivity contribution is -0.274. The van der Waals surface area contributed by atoms with E-state index in [0.717, 1.165) is 29.6 Å². The first-order valence-electron chi connectivity index (χ1n) is 8.17. The van der Waals surface area contributed by atoms with Crippen LogP contribution in [0.15, 0.2) is 39.1 Å². The molecule has 0 spiro atoms. The second-order valence-electron chi connectivity index (χ2n) is 6.08. The monoisotopic (exact) mass is 431 g/mol. The number of amides is 1. The number of alkyl halides is 3. The zero-order valence-corrected chi connectivity index (χ0v) is 16.5. The van der Waals surface area contributed by atoms with Crippen LogP contribution in [0.3, 0.4) is 0 Å². The van der Waals surface area contributed by atoms with Gasteiger partial charge in [0, 0.05) is 24.4 Å². The van der Waals surface area contributed by atoms with E-state index in [-0.39, 0.29) is 23.0 Å². The van der Waals surface area contributed by atoms with Gasteiger partial charge in [0.05, 0.1) is 16.3 Å². The predicted molar refractivity (Wildman–Crippen MR) is 101 cm³/mol. The summed E-state index contributed by atoms with van der Waals surface area (Å²) in [6.45, 7) is 2.02. The number of thioether (sulfide) groups is 2. The lowest BCUT2D eigenvalue weighted by atomic mass is 10.2. The summed E-state index contributed by atoms with van der Waals surface area (Å²) in [5.41, 5.74) is 0.965. The number of anilines is 1. The fraction of sp³-hybridized carbons (Fsp3) is 0.353. The molecule has 0 bridgehead atoms. The second-order valence-corrected chi connectivity index (χ2v) is 8.47. The number of carbonyl (C=O) groups excluding carboxylic acids is 1. The van der Waals surface area contributed by atoms with Crippen molar-refractivity contribution in [3.05, 3.63) is 40.3 Å². The molecule has 6 nitrogen and oxygen atoms in total. The van der Waals surface area contributed by atoms with E-state index in [0.29, 0.717) is 27.4 Å². The maximum absolute atomic E-state index is 12.4. The van der Waals surface area contributed by atoms with Gasteiger partial charge in [-0.2, -0.15) is 0 Å². The van der Waals surface area contributed by atoms with Gasteiger partial charge in [0.15, 0.2) is 5.16 Å². The summed E-state index contributed by atoms with van der Waals surface area (Å²) < 4.78 is 41.7. The van der Waals surface area contributed by atoms with Gasteiger partial charge in [-0.25, -0.2) is 4.98 Å². The van der Waals surface area contributed by atoms with E-state index < -0.39 is 6.36 Å². The zero-order valence-electron chi connectivity index (χ0n) is 14.9. The van der Waals surface area contributed by atoms with Crippen molar-refractivity contribution < 1.29 is 22.7 Å². The van der Waals surface area contributed by atoms with Crippen LogP contribution in [-0.4, -0.2) is 32.8 Å². The lowest BCUT2D eigenvalue weighted by Gasteiger charge is -2.11. The third-order valence-corrected chi connectivity index (χ3v) is 6.03. The van der Waals surface area contributed by atoms with E-state index in [2.05, 4.69) is 15.0 Å². The quantitative estimate of drug-likeness (QED) is 0.578. The standard InChI is InChI=1S/C17H16F3N3O3S2/c1-9-7-12-14(28-9)15(25)23(2)16(22-12)27-8-13(24)21-10-3-5-11(6-4-10)26-17(18,19)20/h3-6,9H,7-8H2,1-2H3,(H,21,24)/t9-/m0/s1. The number of aromatic nitrogens is 2. The SMILES string of the molecule is C[C@H]1Cc2nc(SCC(=O)Nc3ccc(OC(F)(F)F)cc3)n(C)c(=O)c2S1. The third-order valence-electron chi connectivity index (χ3n) is 3.78. The number of nitrogens with one attached hydrogen (secondary N) is 1. The van der Waals surface area contributed by atoms with Crippen molar-refractivity contribution in [1.82, 2.24) is 9.55 Å². The molecular formula is C17H16F3N3O3S2. The minimum absolute atomic E-state index is 0.00255. The van der Waals surface area contributed by atoms with Gasteiger partial charge in [0.1, 0.15) is 5.75 Å². The molecule has 0 aliphatic carbocycles. The fourth-order valence-electron chi connectivity index (χ4n) is 2.57. The van der Waals surface area contributed by atoms with Gasteiger partial charge in [-0.05, 0) is 24.3 Å². The first-order chi connectivity index (χ1) is 13.1. The van der Waals surface area contributed by atoms with Crippen LogP contribution in [-0.2, 0) is 18.3 Å². The molecule has 0 unspecified atom stereocenters. The number of rotatable bonds is 5. The van der Waals surface area contributed by atoms with E-state index in [1.807, 2.05) is 6.92 Å². The van der Waals surface area contributed by atoms with Crippen LogP contribution in [0.5, 0.6) is 5.75 Å². The maximum Gasteiger partial charge on any atom is 0.573 e. The Hall–Kier alpha value is -2.14. The minimum atomic E-state index is -4.77. The molecule has 2 heterocycles. The van der Waals surface area contributed by atoms with Crippen molar-refractivity contribution in [3.63, 3.8) is 0 Å². The van der Waals surface area contributed by atoms with Crippen molar-refractivity contribution in [3.8, 4) is 5.75 Å². The molecule has 1 atom stereocenters. The fourth-order valence-corrected chi connectivity index (χ4v) is 4.50. The summed E-state index contributed by atoms with van der Waals surface area (Å²) in [6, 6.07) is 4.85. The Morgan fingerprint density at radius 2 is 2.07 bits per heavy atom. The number of nitrogens with zero attached hydrogens (tertiary/aromatic N) is 2. The summed E-state index contributed by atoms with van der Waals surface area (Å²) in [4.78, 5) is 29.7. The zero-order chi connectivity index (χ0) is 20.5. The van der Waals surface area contributed by atoms with E-state index in [1.165, 1.54) is 28.5 Å². The molecule has 1 aliphatic heterocycles. The molecule has 0 fully saturated rings. The Kier molecular flexibility index (Phi) is 5.94. The number of benzene rings is 1. The summed E-state index contributed by atoms with van der Waals surface area (Å²) in [7, 11) is 1.61. The first-order valence-corrected chi connectivity index (χ1v) is 10.0. The van der Waals surface area contributed by atoms with Crippen molar-refractivity contribution in [2.24, 2.45) is 7.05 Å². The Morgan fingerprint density at radius 1 is 1.39 bits per heavy atom. The molecule has 28 heavy (non-hydrogen) atoms. The van der Waals surface area contributed by atoms with Gasteiger partial charge in [-0.1, -0.05) is 18.7 Å². The number of hydrogen-bond donors (Lipinski definition) is 1. The van der Waals surface area contributed by atoms with Crippen LogP contribution in [0.4, 0.5) is 18.9 Å². The Morgan fingerprint density at radius 3 is 2.71 bits per heavy atom. The highest BCUT2D eigenvalue weighted by Crippen LogP contribution is 2.34. The number of halogens is 3. The topological polar surface area (TPSA) is 73.2 Å². The highest BCUT2D eigenvalue weighted by Gasteiger charge is 2.31. The van der Waals surface area contributed by atoms with Crippen LogP contribution in [0.2, 0.25) is 0 Å². The van der Waals surface area contributed by atoms with Crippen LogP contribution in [0.25, 0.3) is 0 Å². The molecule has 0 radical (unpaired) electrons. The third kappa shape index (κ3) is 5.02. The maximum atomic E-state index is 12.4. The van der Waals surface area contributed by atoms with Crippen LogP contribution in [0.1, 0.15) is 12.6 Å². The molecule has 11 heteroatoms. The van der Waals surface area contributed by atoms with Gasteiger partial charge in [0.2, 0.25) is 5.91 Å². The number of ether oxygens (including phenoxy) is 1. The molecular weight excluding hydrogens is 415 g/mol. The van der Waals surface area contributed by atoms with Crippen LogP contribution < -0.4 is 15.6 Å². The first kappa shape index (κ1) is 20.6. The van der Waals surface area contributed by atoms with Gasteiger partial charge in [-0.15, -0.1) is 24.9 Å². The van der Waals surface area contributed by atoms with Crippen molar-refractivity contribution >= 4 is 35.1 Å². The number of carbonyl (C=O) groups is 1. The van der Waals surface area contributed by atoms with Gasteiger partial charge in [0.25, 0.3) is 5.56 Å². The second kappa shape index (κ2) is 8.08. The molecule has 0 saturated carbocycles. The number of fused-ring (bicyclic) bond motifs is 1. The number of hydrogen-bond acceptors (Lipinski definition) is 6. The summed E-state index contributed by atoms with van der Waals surface area (Å²) in [5.74, 6) is -0.737. The molecule has 1 aromatic carbocycles. The molecule has 150 valence electrons. The molecule has 0 saturated heterocycles. The summed E-state index contributed by atoms with van der Waals surface area (Å²) in [6.07, 6.45) is -4.06. The normalized spacial score (nSPS) is 16.0. The summed E-state index contributed by atoms with van der Waals surface area (Å²) >= 11 is 2.63. The molecule has 1 aromatic heterocycles. The Balaban J connectivity index is 1.60. The minimum Gasteiger partial charge on any atom is -0.406 e. The van der Waals surface area contributed by atoms with Gasteiger partial charge >= 0.3 is 6.36 Å². The van der Waals surface area contributed by atoms with Crippen LogP contribution in [0, 0.1) is 0 Å². The van der Waals surface area contributed by atoms with Crippen molar-refractivity contribution in [2.75, 3.05) is 11.1 Å². The molecule has 1 N–H and O–H groups in total. The highest BCUT2D eigenvalue weighted by atomic mass is 32.2. The Labute approximate surface area is 166 Å². The summed E-state index contributed by atoms with van der Waals surface area (Å²) in [5, 5.41) is 3.32. The van der Waals surface area contributed by atoms with E-state index >= 15 is 0 Å². The van der Waals surface area contributed by atoms with Gasteiger partial charge in [-0.3, -0.25) is 14.2 Å². The predicted octanol–water partition coefficient (Wildman–Crippen LogP) is 3.45. The van der Waals surface area contributed by atoms with E-state index in [9.17, 15) is 22.8 Å². The lowest BCUT2D eigenvalue weighted by Crippen LogP contribution is -2.23. The van der Waals surface area contributed by atoms with E-state index in [1.54, 1.807) is 7.05 Å². The van der Waals surface area contributed by atoms with Crippen LogP contribution >= 0.6 is 23.5 Å². The smallest absolute Gasteiger partial charge is 0.406 e. The molecule has 2 aromatic rings. The largest absolute Gasteiger partial charge is 0.573 e. The Bertz CT molecular complexity index is 946.